The number of nitrogens with zero attached hydrogens (tertiary/aromatic N) is 1. The van der Waals surface area contributed by atoms with Crippen LogP contribution in [0, 0.1) is 0 Å². The number of hydrogen-bond acceptors (Lipinski definition) is 1. The highest BCUT2D eigenvalue weighted by molar-refractivity contribution is 5.86. The summed E-state index contributed by atoms with van der Waals surface area (Å²) in [7, 11) is 5.84. The van der Waals surface area contributed by atoms with E-state index in [9.17, 15) is 4.79 Å². The largest absolute Gasteiger partial charge is 0.478 e. The Labute approximate surface area is 67.5 Å². The summed E-state index contributed by atoms with van der Waals surface area (Å²) in [5.41, 5.74) is 1.30. The number of allylic oxidation sites excluding steroid dienone is 1. The first-order valence-corrected chi connectivity index (χ1v) is 3.49. The van der Waals surface area contributed by atoms with E-state index in [1.807, 2.05) is 28.1 Å². The molecule has 0 heterocycles. The second kappa shape index (κ2) is 3.05. The summed E-state index contributed by atoms with van der Waals surface area (Å²) in [5.74, 6) is -0.837. The van der Waals surface area contributed by atoms with E-state index in [0.717, 1.165) is 5.70 Å². The van der Waals surface area contributed by atoms with Crippen LogP contribution in [0.5, 0.6) is 0 Å². The molecule has 0 aliphatic heterocycles. The summed E-state index contributed by atoms with van der Waals surface area (Å²) < 4.78 is 0.568. The van der Waals surface area contributed by atoms with Crippen LogP contribution in [-0.4, -0.2) is 36.7 Å². The number of hydrogen-bond donors (Lipinski definition) is 1. The van der Waals surface area contributed by atoms with E-state index in [4.69, 9.17) is 5.11 Å². The fourth-order valence-corrected chi connectivity index (χ4v) is 0.658. The highest BCUT2D eigenvalue weighted by Gasteiger charge is 2.17. The van der Waals surface area contributed by atoms with Crippen LogP contribution in [-0.2, 0) is 4.79 Å². The first kappa shape index (κ1) is 10.2. The smallest absolute Gasteiger partial charge is 0.336 e. The molecule has 0 spiro atoms. The summed E-state index contributed by atoms with van der Waals surface area (Å²) in [4.78, 5) is 10.5. The number of carbonyl (C=O) groups is 1. The van der Waals surface area contributed by atoms with Crippen molar-refractivity contribution in [2.24, 2.45) is 0 Å². The molecule has 0 aromatic carbocycles. The molecule has 0 amide bonds. The second-order valence-electron chi connectivity index (χ2n) is 3.53. The Morgan fingerprint density at radius 1 is 1.18 bits per heavy atom. The monoisotopic (exact) mass is 158 g/mol. The SMILES string of the molecule is CC(C(=O)O)=C(C)[N+](C)(C)C. The molecule has 0 unspecified atom stereocenters. The van der Waals surface area contributed by atoms with E-state index in [0.29, 0.717) is 10.1 Å². The quantitative estimate of drug-likeness (QED) is 0.482. The predicted octanol–water partition coefficient (Wildman–Crippen LogP) is 1.07. The third-order valence-electron chi connectivity index (χ3n) is 1.87. The number of carboxylic acids is 1. The molecule has 0 fully saturated rings. The Hall–Kier alpha value is -0.830. The van der Waals surface area contributed by atoms with Gasteiger partial charge in [-0.15, -0.1) is 0 Å². The average molecular weight is 158 g/mol. The molecule has 0 aromatic heterocycles. The molecule has 64 valence electrons. The highest BCUT2D eigenvalue weighted by atomic mass is 16.4. The van der Waals surface area contributed by atoms with Gasteiger partial charge in [0.15, 0.2) is 0 Å². The molecule has 0 radical (unpaired) electrons. The predicted molar refractivity (Wildman–Crippen MR) is 44.0 cm³/mol. The normalized spacial score (nSPS) is 14.3. The van der Waals surface area contributed by atoms with Crippen LogP contribution < -0.4 is 0 Å². The van der Waals surface area contributed by atoms with E-state index < -0.39 is 5.97 Å². The van der Waals surface area contributed by atoms with Gasteiger partial charge in [-0.05, 0) is 6.92 Å². The highest BCUT2D eigenvalue weighted by Crippen LogP contribution is 2.11. The lowest BCUT2D eigenvalue weighted by atomic mass is 10.2. The van der Waals surface area contributed by atoms with Gasteiger partial charge in [0.25, 0.3) is 0 Å². The molecule has 0 aromatic rings. The van der Waals surface area contributed by atoms with Gasteiger partial charge in [0, 0.05) is 6.92 Å². The first-order chi connectivity index (χ1) is 4.76. The molecule has 3 nitrogen and oxygen atoms in total. The van der Waals surface area contributed by atoms with Gasteiger partial charge >= 0.3 is 5.97 Å². The first-order valence-electron chi connectivity index (χ1n) is 3.49. The molecule has 0 rings (SSSR count). The van der Waals surface area contributed by atoms with E-state index in [1.54, 1.807) is 6.92 Å². The summed E-state index contributed by atoms with van der Waals surface area (Å²) in [6, 6.07) is 0. The minimum absolute atomic E-state index is 0.428. The van der Waals surface area contributed by atoms with Gasteiger partial charge in [0.05, 0.1) is 26.7 Å². The number of rotatable bonds is 2. The van der Waals surface area contributed by atoms with Crippen molar-refractivity contribution in [1.29, 1.82) is 0 Å². The van der Waals surface area contributed by atoms with Gasteiger partial charge in [-0.1, -0.05) is 0 Å². The van der Waals surface area contributed by atoms with Crippen molar-refractivity contribution in [2.45, 2.75) is 13.8 Å². The molecular weight excluding hydrogens is 142 g/mol. The third kappa shape index (κ3) is 2.72. The van der Waals surface area contributed by atoms with Crippen molar-refractivity contribution in [2.75, 3.05) is 21.1 Å². The summed E-state index contributed by atoms with van der Waals surface area (Å²) in [6.07, 6.45) is 0. The van der Waals surface area contributed by atoms with E-state index in [1.165, 1.54) is 0 Å². The Morgan fingerprint density at radius 3 is 1.64 bits per heavy atom. The molecule has 0 aliphatic rings. The van der Waals surface area contributed by atoms with Crippen molar-refractivity contribution in [3.05, 3.63) is 11.3 Å². The standard InChI is InChI=1S/C8H15NO2/c1-6(8(10)11)7(2)9(3,4)5/h1-5H3/p+1. The summed E-state index contributed by atoms with van der Waals surface area (Å²) in [6.45, 7) is 3.46. The van der Waals surface area contributed by atoms with Crippen molar-refractivity contribution in [1.82, 2.24) is 0 Å². The van der Waals surface area contributed by atoms with Gasteiger partial charge in [-0.2, -0.15) is 0 Å². The average Bonchev–Trinajstić information content (AvgIpc) is 1.82. The second-order valence-corrected chi connectivity index (χ2v) is 3.53. The Kier molecular flexibility index (Phi) is 2.82. The lowest BCUT2D eigenvalue weighted by Crippen LogP contribution is -2.33. The summed E-state index contributed by atoms with van der Waals surface area (Å²) >= 11 is 0. The fourth-order valence-electron chi connectivity index (χ4n) is 0.658. The van der Waals surface area contributed by atoms with Gasteiger partial charge in [-0.3, -0.25) is 0 Å². The molecule has 0 saturated carbocycles. The van der Waals surface area contributed by atoms with E-state index in [2.05, 4.69) is 0 Å². The summed E-state index contributed by atoms with van der Waals surface area (Å²) in [5, 5.41) is 8.65. The number of carboxylic acid groups (broad SMARTS) is 1. The van der Waals surface area contributed by atoms with Gasteiger partial charge in [0.2, 0.25) is 0 Å². The minimum atomic E-state index is -0.837. The van der Waals surface area contributed by atoms with Crippen LogP contribution in [0.25, 0.3) is 0 Å². The number of aliphatic carboxylic acids is 1. The molecule has 0 aliphatic carbocycles. The van der Waals surface area contributed by atoms with Crippen molar-refractivity contribution < 1.29 is 14.4 Å². The van der Waals surface area contributed by atoms with Crippen LogP contribution in [0.2, 0.25) is 0 Å². The van der Waals surface area contributed by atoms with E-state index >= 15 is 0 Å². The van der Waals surface area contributed by atoms with Crippen LogP contribution in [0.1, 0.15) is 13.8 Å². The fraction of sp³-hybridized carbons (Fsp3) is 0.625. The maximum atomic E-state index is 10.5. The van der Waals surface area contributed by atoms with Crippen LogP contribution >= 0.6 is 0 Å². The Morgan fingerprint density at radius 2 is 1.55 bits per heavy atom. The molecule has 0 saturated heterocycles. The van der Waals surface area contributed by atoms with Crippen molar-refractivity contribution >= 4 is 5.97 Å². The van der Waals surface area contributed by atoms with Crippen LogP contribution in [0.4, 0.5) is 0 Å². The molecule has 0 bridgehead atoms. The lowest BCUT2D eigenvalue weighted by molar-refractivity contribution is -0.831. The maximum Gasteiger partial charge on any atom is 0.336 e. The lowest BCUT2D eigenvalue weighted by Gasteiger charge is -2.24. The van der Waals surface area contributed by atoms with Crippen LogP contribution in [0.3, 0.4) is 0 Å². The minimum Gasteiger partial charge on any atom is -0.478 e. The molecule has 1 N–H and O–H groups in total. The van der Waals surface area contributed by atoms with Gasteiger partial charge in [-0.25, -0.2) is 4.79 Å². The maximum absolute atomic E-state index is 10.5. The van der Waals surface area contributed by atoms with Gasteiger partial charge in [0.1, 0.15) is 5.70 Å². The zero-order valence-corrected chi connectivity index (χ0v) is 7.80. The van der Waals surface area contributed by atoms with E-state index in [-0.39, 0.29) is 0 Å². The topological polar surface area (TPSA) is 37.3 Å². The number of quaternary nitrogens is 1. The third-order valence-corrected chi connectivity index (χ3v) is 1.87. The zero-order chi connectivity index (χ0) is 9.23. The molecule has 3 heteroatoms. The van der Waals surface area contributed by atoms with Crippen LogP contribution in [0.15, 0.2) is 11.3 Å². The molecule has 0 atom stereocenters. The Bertz CT molecular complexity index is 199. The molecular formula is C8H16NO2+. The van der Waals surface area contributed by atoms with Gasteiger partial charge < -0.3 is 9.59 Å². The van der Waals surface area contributed by atoms with Crippen molar-refractivity contribution in [3.8, 4) is 0 Å². The zero-order valence-electron chi connectivity index (χ0n) is 7.80. The van der Waals surface area contributed by atoms with Crippen molar-refractivity contribution in [3.63, 3.8) is 0 Å². The Balaban J connectivity index is 4.82. The molecule has 11 heavy (non-hydrogen) atoms.